The molecule has 6 nitrogen and oxygen atoms in total. The molecule has 3 N–H and O–H groups in total. The summed E-state index contributed by atoms with van der Waals surface area (Å²) in [6, 6.07) is 7.89. The van der Waals surface area contributed by atoms with Crippen molar-refractivity contribution in [3.63, 3.8) is 0 Å². The van der Waals surface area contributed by atoms with Crippen molar-refractivity contribution >= 4 is 5.91 Å². The quantitative estimate of drug-likeness (QED) is 0.899. The molecule has 0 spiro atoms. The van der Waals surface area contributed by atoms with Gasteiger partial charge in [0.05, 0.1) is 11.4 Å². The average Bonchev–Trinajstić information content (AvgIpc) is 3.06. The Kier molecular flexibility index (Phi) is 4.08. The van der Waals surface area contributed by atoms with Gasteiger partial charge in [0.15, 0.2) is 0 Å². The molecule has 6 heteroatoms. The predicted molar refractivity (Wildman–Crippen MR) is 90.5 cm³/mol. The number of nitrogens with two attached hydrogens (primary N) is 1. The Bertz CT molecular complexity index is 732. The van der Waals surface area contributed by atoms with E-state index >= 15 is 0 Å². The number of carbonyl (C=O) groups excluding carboxylic acids is 1. The van der Waals surface area contributed by atoms with Gasteiger partial charge in [-0.25, -0.2) is 4.98 Å². The molecule has 0 bridgehead atoms. The van der Waals surface area contributed by atoms with Gasteiger partial charge in [0.1, 0.15) is 5.82 Å². The highest BCUT2D eigenvalue weighted by molar-refractivity contribution is 5.93. The first-order chi connectivity index (χ1) is 11.7. The number of aromatic nitrogens is 2. The van der Waals surface area contributed by atoms with E-state index in [1.54, 1.807) is 12.1 Å². The molecular weight excluding hydrogens is 304 g/mol. The van der Waals surface area contributed by atoms with Crippen LogP contribution in [0.1, 0.15) is 34.6 Å². The summed E-state index contributed by atoms with van der Waals surface area (Å²) in [4.78, 5) is 21.9. The molecule has 0 unspecified atom stereocenters. The lowest BCUT2D eigenvalue weighted by Crippen LogP contribution is -2.42. The van der Waals surface area contributed by atoms with Gasteiger partial charge in [0.25, 0.3) is 0 Å². The number of primary amides is 1. The number of fused-ring (bicyclic) bond motifs is 1. The van der Waals surface area contributed by atoms with E-state index in [-0.39, 0.29) is 0 Å². The summed E-state index contributed by atoms with van der Waals surface area (Å²) < 4.78 is 5.47. The molecule has 1 fully saturated rings. The Morgan fingerprint density at radius 3 is 2.71 bits per heavy atom. The molecule has 1 amide bonds. The Morgan fingerprint density at radius 1 is 1.25 bits per heavy atom. The standard InChI is InChI=1S/C18H22N4O2/c19-17(23)12-1-3-13(4-2-12)18-20-15-5-8-22(11-16(15)21-18)14-6-9-24-10-7-14/h1-4,14H,5-11H2,(H2,19,23)(H,20,21). The first-order valence-electron chi connectivity index (χ1n) is 8.50. The Labute approximate surface area is 141 Å². The molecule has 4 rings (SSSR count). The smallest absolute Gasteiger partial charge is 0.248 e. The molecule has 1 saturated heterocycles. The minimum Gasteiger partial charge on any atom is -0.381 e. The van der Waals surface area contributed by atoms with E-state index in [2.05, 4.69) is 9.88 Å². The van der Waals surface area contributed by atoms with Gasteiger partial charge < -0.3 is 15.5 Å². The van der Waals surface area contributed by atoms with E-state index in [9.17, 15) is 4.79 Å². The van der Waals surface area contributed by atoms with E-state index in [1.165, 1.54) is 5.69 Å². The Balaban J connectivity index is 1.52. The highest BCUT2D eigenvalue weighted by Gasteiger charge is 2.27. The van der Waals surface area contributed by atoms with Crippen molar-refractivity contribution in [2.24, 2.45) is 5.73 Å². The first-order valence-corrected chi connectivity index (χ1v) is 8.50. The van der Waals surface area contributed by atoms with Crippen LogP contribution in [0.15, 0.2) is 24.3 Å². The van der Waals surface area contributed by atoms with E-state index in [4.69, 9.17) is 15.5 Å². The minimum absolute atomic E-state index is 0.410. The summed E-state index contributed by atoms with van der Waals surface area (Å²) in [5.74, 6) is 0.456. The van der Waals surface area contributed by atoms with E-state index < -0.39 is 5.91 Å². The van der Waals surface area contributed by atoms with Gasteiger partial charge in [-0.05, 0) is 25.0 Å². The molecular formula is C18H22N4O2. The van der Waals surface area contributed by atoms with Crippen LogP contribution in [0.2, 0.25) is 0 Å². The highest BCUT2D eigenvalue weighted by atomic mass is 16.5. The molecule has 1 aromatic heterocycles. The molecule has 2 aliphatic heterocycles. The van der Waals surface area contributed by atoms with Crippen molar-refractivity contribution in [1.82, 2.24) is 14.9 Å². The number of carbonyl (C=O) groups is 1. The molecule has 126 valence electrons. The molecule has 0 atom stereocenters. The van der Waals surface area contributed by atoms with Gasteiger partial charge >= 0.3 is 0 Å². The summed E-state index contributed by atoms with van der Waals surface area (Å²) in [6.45, 7) is 3.72. The van der Waals surface area contributed by atoms with Gasteiger partial charge in [0, 0.05) is 49.9 Å². The van der Waals surface area contributed by atoms with Crippen LogP contribution < -0.4 is 5.73 Å². The van der Waals surface area contributed by atoms with Crippen molar-refractivity contribution in [1.29, 1.82) is 0 Å². The maximum Gasteiger partial charge on any atom is 0.248 e. The summed E-state index contributed by atoms with van der Waals surface area (Å²) in [7, 11) is 0. The van der Waals surface area contributed by atoms with Gasteiger partial charge in [-0.2, -0.15) is 0 Å². The van der Waals surface area contributed by atoms with Crippen molar-refractivity contribution in [3.8, 4) is 11.4 Å². The van der Waals surface area contributed by atoms with Crippen LogP contribution in [0.4, 0.5) is 0 Å². The highest BCUT2D eigenvalue weighted by Crippen LogP contribution is 2.26. The maximum atomic E-state index is 11.2. The number of rotatable bonds is 3. The van der Waals surface area contributed by atoms with E-state index in [0.29, 0.717) is 11.6 Å². The number of imidazole rings is 1. The lowest BCUT2D eigenvalue weighted by molar-refractivity contribution is 0.0284. The van der Waals surface area contributed by atoms with Crippen LogP contribution in [0, 0.1) is 0 Å². The van der Waals surface area contributed by atoms with Gasteiger partial charge in [-0.3, -0.25) is 9.69 Å². The number of benzene rings is 1. The molecule has 0 saturated carbocycles. The minimum atomic E-state index is -0.410. The lowest BCUT2D eigenvalue weighted by atomic mass is 10.0. The second-order valence-electron chi connectivity index (χ2n) is 6.52. The van der Waals surface area contributed by atoms with Gasteiger partial charge in [-0.1, -0.05) is 12.1 Å². The third-order valence-corrected chi connectivity index (χ3v) is 5.01. The fourth-order valence-electron chi connectivity index (χ4n) is 3.61. The average molecular weight is 326 g/mol. The fourth-order valence-corrected chi connectivity index (χ4v) is 3.61. The van der Waals surface area contributed by atoms with Crippen molar-refractivity contribution in [2.45, 2.75) is 31.8 Å². The number of nitrogens with zero attached hydrogens (tertiary/aromatic N) is 2. The largest absolute Gasteiger partial charge is 0.381 e. The zero-order valence-corrected chi connectivity index (χ0v) is 13.6. The van der Waals surface area contributed by atoms with Gasteiger partial charge in [0.2, 0.25) is 5.91 Å². The molecule has 2 aromatic rings. The van der Waals surface area contributed by atoms with Crippen LogP contribution in [0.3, 0.4) is 0 Å². The van der Waals surface area contributed by atoms with E-state index in [0.717, 1.165) is 62.6 Å². The molecule has 0 radical (unpaired) electrons. The second-order valence-corrected chi connectivity index (χ2v) is 6.52. The number of hydrogen-bond donors (Lipinski definition) is 2. The Morgan fingerprint density at radius 2 is 2.00 bits per heavy atom. The zero-order valence-electron chi connectivity index (χ0n) is 13.6. The number of nitrogens with one attached hydrogen (secondary N) is 1. The molecule has 0 aliphatic carbocycles. The van der Waals surface area contributed by atoms with Crippen LogP contribution in [0.5, 0.6) is 0 Å². The first kappa shape index (κ1) is 15.4. The van der Waals surface area contributed by atoms with Crippen molar-refractivity contribution in [2.75, 3.05) is 19.8 Å². The fraction of sp³-hybridized carbons (Fsp3) is 0.444. The summed E-state index contributed by atoms with van der Waals surface area (Å²) in [6.07, 6.45) is 3.21. The monoisotopic (exact) mass is 326 g/mol. The van der Waals surface area contributed by atoms with Gasteiger partial charge in [-0.15, -0.1) is 0 Å². The zero-order chi connectivity index (χ0) is 16.5. The van der Waals surface area contributed by atoms with Crippen LogP contribution >= 0.6 is 0 Å². The number of aromatic amines is 1. The van der Waals surface area contributed by atoms with Crippen LogP contribution in [0.25, 0.3) is 11.4 Å². The Hall–Kier alpha value is -2.18. The number of H-pyrrole nitrogens is 1. The number of amides is 1. The summed E-state index contributed by atoms with van der Waals surface area (Å²) >= 11 is 0. The third kappa shape index (κ3) is 2.95. The molecule has 2 aliphatic rings. The third-order valence-electron chi connectivity index (χ3n) is 5.01. The summed E-state index contributed by atoms with van der Waals surface area (Å²) in [5, 5.41) is 0. The second kappa shape index (κ2) is 6.37. The summed E-state index contributed by atoms with van der Waals surface area (Å²) in [5.41, 5.74) is 9.15. The van der Waals surface area contributed by atoms with Crippen molar-refractivity contribution < 1.29 is 9.53 Å². The van der Waals surface area contributed by atoms with E-state index in [1.807, 2.05) is 12.1 Å². The lowest BCUT2D eigenvalue weighted by Gasteiger charge is -2.36. The predicted octanol–water partition coefficient (Wildman–Crippen LogP) is 1.71. The molecule has 1 aromatic carbocycles. The molecule has 24 heavy (non-hydrogen) atoms. The normalized spacial score (nSPS) is 19.2. The number of ether oxygens (including phenoxy) is 1. The maximum absolute atomic E-state index is 11.2. The topological polar surface area (TPSA) is 84.2 Å². The van der Waals surface area contributed by atoms with Crippen LogP contribution in [-0.2, 0) is 17.7 Å². The van der Waals surface area contributed by atoms with Crippen molar-refractivity contribution in [3.05, 3.63) is 41.2 Å². The number of hydrogen-bond acceptors (Lipinski definition) is 4. The SMILES string of the molecule is NC(=O)c1ccc(-c2nc3c([nH]2)CN(C2CCOCC2)CC3)cc1. The molecule has 3 heterocycles. The van der Waals surface area contributed by atoms with Crippen LogP contribution in [-0.4, -0.2) is 46.6 Å².